The summed E-state index contributed by atoms with van der Waals surface area (Å²) in [5.41, 5.74) is 3.09. The summed E-state index contributed by atoms with van der Waals surface area (Å²) >= 11 is 0. The number of anilines is 1. The maximum Gasteiger partial charge on any atom is 0.184 e. The number of ketones is 1. The molecule has 1 N–H and O–H groups in total. The first-order valence-electron chi connectivity index (χ1n) is 9.62. The Balaban J connectivity index is 1.51. The minimum absolute atomic E-state index is 0.166. The number of benzene rings is 2. The smallest absolute Gasteiger partial charge is 0.184 e. The van der Waals surface area contributed by atoms with E-state index in [4.69, 9.17) is 14.2 Å². The highest BCUT2D eigenvalue weighted by Crippen LogP contribution is 2.41. The second-order valence-corrected chi connectivity index (χ2v) is 7.10. The van der Waals surface area contributed by atoms with Gasteiger partial charge in [-0.1, -0.05) is 24.3 Å². The zero-order chi connectivity index (χ0) is 19.5. The Labute approximate surface area is 165 Å². The molecule has 28 heavy (non-hydrogen) atoms. The molecule has 6 heteroatoms. The van der Waals surface area contributed by atoms with Crippen molar-refractivity contribution < 1.29 is 19.0 Å². The molecular formula is C22H26N2O4. The first-order chi connectivity index (χ1) is 13.7. The Kier molecular flexibility index (Phi) is 5.62. The van der Waals surface area contributed by atoms with E-state index in [-0.39, 0.29) is 17.9 Å². The Morgan fingerprint density at radius 3 is 2.61 bits per heavy atom. The van der Waals surface area contributed by atoms with E-state index in [9.17, 15) is 4.79 Å². The van der Waals surface area contributed by atoms with E-state index >= 15 is 0 Å². The van der Waals surface area contributed by atoms with Crippen LogP contribution in [0.25, 0.3) is 0 Å². The maximum atomic E-state index is 13.2. The lowest BCUT2D eigenvalue weighted by Gasteiger charge is -2.37. The van der Waals surface area contributed by atoms with Gasteiger partial charge >= 0.3 is 0 Å². The number of methoxy groups -OCH3 is 2. The number of piperazine rings is 1. The summed E-state index contributed by atoms with van der Waals surface area (Å²) in [6.45, 7) is 2.27. The first-order valence-corrected chi connectivity index (χ1v) is 9.62. The van der Waals surface area contributed by atoms with Gasteiger partial charge in [0.05, 0.1) is 13.2 Å². The van der Waals surface area contributed by atoms with E-state index in [0.717, 1.165) is 35.7 Å². The van der Waals surface area contributed by atoms with Gasteiger partial charge in [0.2, 0.25) is 0 Å². The lowest BCUT2D eigenvalue weighted by atomic mass is 9.97. The lowest BCUT2D eigenvalue weighted by Crippen LogP contribution is -2.55. The molecule has 4 rings (SSSR count). The van der Waals surface area contributed by atoms with Crippen LogP contribution in [0, 0.1) is 0 Å². The summed E-state index contributed by atoms with van der Waals surface area (Å²) in [6.07, 6.45) is -0.347. The number of carbonyl (C=O) groups is 1. The first kappa shape index (κ1) is 18.9. The molecule has 1 fully saturated rings. The van der Waals surface area contributed by atoms with Crippen LogP contribution in [-0.4, -0.2) is 45.7 Å². The third-order valence-electron chi connectivity index (χ3n) is 5.50. The molecule has 2 aliphatic rings. The van der Waals surface area contributed by atoms with E-state index in [2.05, 4.69) is 10.2 Å². The monoisotopic (exact) mass is 382 g/mol. The second-order valence-electron chi connectivity index (χ2n) is 7.10. The van der Waals surface area contributed by atoms with Crippen LogP contribution in [0.5, 0.6) is 5.75 Å². The molecule has 0 saturated carbocycles. The highest BCUT2D eigenvalue weighted by molar-refractivity contribution is 5.88. The maximum absolute atomic E-state index is 13.2. The second kappa shape index (κ2) is 8.31. The molecule has 0 spiro atoms. The van der Waals surface area contributed by atoms with Gasteiger partial charge in [-0.15, -0.1) is 0 Å². The van der Waals surface area contributed by atoms with Gasteiger partial charge < -0.3 is 24.4 Å². The van der Waals surface area contributed by atoms with Gasteiger partial charge in [-0.05, 0) is 29.8 Å². The van der Waals surface area contributed by atoms with Gasteiger partial charge in [0.25, 0.3) is 0 Å². The number of rotatable bonds is 6. The number of nitrogens with one attached hydrogen (secondary N) is 1. The molecule has 2 aromatic carbocycles. The average Bonchev–Trinajstić information content (AvgIpc) is 3.11. The Bertz CT molecular complexity index is 824. The summed E-state index contributed by atoms with van der Waals surface area (Å²) in [5, 5.41) is 3.35. The summed E-state index contributed by atoms with van der Waals surface area (Å²) in [5.74, 6) is 0.975. The Hall–Kier alpha value is -2.41. The third-order valence-corrected chi connectivity index (χ3v) is 5.50. The van der Waals surface area contributed by atoms with Crippen molar-refractivity contribution >= 4 is 11.5 Å². The van der Waals surface area contributed by atoms with Gasteiger partial charge in [-0.3, -0.25) is 4.79 Å². The van der Waals surface area contributed by atoms with Crippen LogP contribution in [0.15, 0.2) is 48.5 Å². The molecule has 148 valence electrons. The Morgan fingerprint density at radius 2 is 1.89 bits per heavy atom. The van der Waals surface area contributed by atoms with Crippen molar-refractivity contribution in [1.82, 2.24) is 5.32 Å². The average molecular weight is 382 g/mol. The SMILES string of the molecule is COc1ccc(N2CCNCC2C(=O)CC2OC(OC)c3ccccc32)cc1. The number of fused-ring (bicyclic) bond motifs is 1. The Morgan fingerprint density at radius 1 is 1.14 bits per heavy atom. The molecule has 0 amide bonds. The number of carbonyl (C=O) groups excluding carboxylic acids is 1. The molecule has 1 saturated heterocycles. The molecule has 2 aliphatic heterocycles. The quantitative estimate of drug-likeness (QED) is 0.829. The number of hydrogen-bond donors (Lipinski definition) is 1. The van der Waals surface area contributed by atoms with Crippen molar-refractivity contribution in [3.8, 4) is 5.75 Å². The number of nitrogens with zero attached hydrogens (tertiary/aromatic N) is 1. The highest BCUT2D eigenvalue weighted by atomic mass is 16.7. The van der Waals surface area contributed by atoms with Crippen molar-refractivity contribution in [1.29, 1.82) is 0 Å². The number of hydrogen-bond acceptors (Lipinski definition) is 6. The summed E-state index contributed by atoms with van der Waals surface area (Å²) < 4.78 is 16.7. The van der Waals surface area contributed by atoms with Crippen LogP contribution in [-0.2, 0) is 14.3 Å². The van der Waals surface area contributed by atoms with Gasteiger partial charge in [-0.2, -0.15) is 0 Å². The van der Waals surface area contributed by atoms with Crippen LogP contribution in [0.4, 0.5) is 5.69 Å². The van der Waals surface area contributed by atoms with E-state index in [1.165, 1.54) is 0 Å². The summed E-state index contributed by atoms with van der Waals surface area (Å²) in [7, 11) is 3.28. The molecule has 0 aliphatic carbocycles. The third kappa shape index (κ3) is 3.63. The minimum Gasteiger partial charge on any atom is -0.497 e. The molecule has 0 radical (unpaired) electrons. The normalized spacial score (nSPS) is 24.1. The predicted molar refractivity (Wildman–Crippen MR) is 107 cm³/mol. The zero-order valence-corrected chi connectivity index (χ0v) is 16.3. The molecule has 3 atom stereocenters. The van der Waals surface area contributed by atoms with Crippen LogP contribution < -0.4 is 15.0 Å². The van der Waals surface area contributed by atoms with Crippen molar-refractivity contribution in [3.63, 3.8) is 0 Å². The van der Waals surface area contributed by atoms with Crippen LogP contribution in [0.3, 0.4) is 0 Å². The molecule has 3 unspecified atom stereocenters. The van der Waals surface area contributed by atoms with Crippen LogP contribution in [0.2, 0.25) is 0 Å². The van der Waals surface area contributed by atoms with E-state index in [1.54, 1.807) is 14.2 Å². The molecule has 0 bridgehead atoms. The minimum atomic E-state index is -0.406. The van der Waals surface area contributed by atoms with Crippen molar-refractivity contribution in [2.45, 2.75) is 24.9 Å². The number of ether oxygens (including phenoxy) is 3. The molecule has 6 nitrogen and oxygen atoms in total. The van der Waals surface area contributed by atoms with E-state index < -0.39 is 6.29 Å². The van der Waals surface area contributed by atoms with E-state index in [1.807, 2.05) is 48.5 Å². The van der Waals surface area contributed by atoms with Crippen molar-refractivity contribution in [2.24, 2.45) is 0 Å². The highest BCUT2D eigenvalue weighted by Gasteiger charge is 2.36. The molecule has 2 heterocycles. The van der Waals surface area contributed by atoms with Crippen LogP contribution in [0.1, 0.15) is 29.9 Å². The lowest BCUT2D eigenvalue weighted by molar-refractivity contribution is -0.150. The standard InChI is InChI=1S/C22H26N2O4/c1-26-16-9-7-15(8-10-16)24-12-11-23-14-19(24)20(25)13-21-17-5-3-4-6-18(17)22(27-2)28-21/h3-10,19,21-23H,11-14H2,1-2H3. The fraction of sp³-hybridized carbons (Fsp3) is 0.409. The molecular weight excluding hydrogens is 356 g/mol. The van der Waals surface area contributed by atoms with Gasteiger partial charge in [0, 0.05) is 44.4 Å². The fourth-order valence-corrected chi connectivity index (χ4v) is 4.05. The van der Waals surface area contributed by atoms with Gasteiger partial charge in [-0.25, -0.2) is 0 Å². The summed E-state index contributed by atoms with van der Waals surface area (Å²) in [4.78, 5) is 15.4. The molecule has 2 aromatic rings. The fourth-order valence-electron chi connectivity index (χ4n) is 4.05. The zero-order valence-electron chi connectivity index (χ0n) is 16.3. The van der Waals surface area contributed by atoms with Crippen molar-refractivity contribution in [3.05, 3.63) is 59.7 Å². The van der Waals surface area contributed by atoms with Gasteiger partial charge in [0.1, 0.15) is 11.8 Å². The largest absolute Gasteiger partial charge is 0.497 e. The predicted octanol–water partition coefficient (Wildman–Crippen LogP) is 2.85. The van der Waals surface area contributed by atoms with Crippen LogP contribution >= 0.6 is 0 Å². The topological polar surface area (TPSA) is 60.0 Å². The molecule has 0 aromatic heterocycles. The van der Waals surface area contributed by atoms with E-state index in [0.29, 0.717) is 13.0 Å². The number of Topliss-reactive ketones (excluding diaryl/α,β-unsaturated/α-hetero) is 1. The van der Waals surface area contributed by atoms with Gasteiger partial charge in [0.15, 0.2) is 12.1 Å². The summed E-state index contributed by atoms with van der Waals surface area (Å²) in [6, 6.07) is 15.6. The van der Waals surface area contributed by atoms with Crippen molar-refractivity contribution in [2.75, 3.05) is 38.8 Å².